The molecule has 1 aliphatic rings. The van der Waals surface area contributed by atoms with Crippen molar-refractivity contribution in [2.75, 3.05) is 61.8 Å². The molecule has 1 aliphatic heterocycles. The van der Waals surface area contributed by atoms with Crippen LogP contribution >= 0.6 is 0 Å². The Morgan fingerprint density at radius 1 is 0.731 bits per heavy atom. The van der Waals surface area contributed by atoms with Crippen molar-refractivity contribution in [2.24, 2.45) is 16.5 Å². The summed E-state index contributed by atoms with van der Waals surface area (Å²) in [7, 11) is 0. The van der Waals surface area contributed by atoms with Crippen LogP contribution in [-0.2, 0) is 34.0 Å². The zero-order valence-electron chi connectivity index (χ0n) is 38.3. The standard InChI is InChI=1S/C48H66N12O7/c1-2-39(62)52-26-27-56-48(67)59-47(50)55-23-10-16-38(45(65)57-29-32-17-19-37(61)20-18-32)58-46(66)42(60-30-34-12-5-6-13-35(34)31-60)33-14-9-15-36(28-33)51-24-11-25-54-41-40(43(63)44(41)64)53-22-8-4-3-7-21-49/h5-6,9,12-15,17-20,28,38,42,51,53-54,61H,2-4,7-8,10-11,16,21-27,29-31,49H2,1H3,(H,52,62)(H,57,65)(H,58,66)(H4,50,55,56,59,67)/t38-,42+/m1/s1. The molecule has 5 rings (SSSR count). The van der Waals surface area contributed by atoms with Crippen LogP contribution in [0.1, 0.15) is 86.6 Å². The van der Waals surface area contributed by atoms with Crippen LogP contribution in [0.2, 0.25) is 0 Å². The maximum atomic E-state index is 14.7. The van der Waals surface area contributed by atoms with Crippen molar-refractivity contribution in [3.63, 3.8) is 0 Å². The van der Waals surface area contributed by atoms with Crippen molar-refractivity contribution in [1.29, 1.82) is 0 Å². The average Bonchev–Trinajstić information content (AvgIpc) is 3.75. The molecule has 0 spiro atoms. The number of aliphatic imine (C=N–C) groups is 1. The van der Waals surface area contributed by atoms with Crippen molar-refractivity contribution < 1.29 is 24.3 Å². The summed E-state index contributed by atoms with van der Waals surface area (Å²) in [5.74, 6) is -0.947. The second kappa shape index (κ2) is 26.8. The Labute approximate surface area is 391 Å². The SMILES string of the molecule is CCC(=O)NCCNC(=O)NC(N)=NCCC[C@@H](NC(=O)[C@H](c1cccc(NCCCNc2c(NCCCCCCN)c(=O)c2=O)c1)N1Cc2ccccc2C1)C(=O)NCc1ccc(O)cc1. The third-order valence-electron chi connectivity index (χ3n) is 11.3. The minimum absolute atomic E-state index is 0.0970. The molecule has 4 aromatic carbocycles. The summed E-state index contributed by atoms with van der Waals surface area (Å²) in [6.45, 7) is 5.77. The Morgan fingerprint density at radius 2 is 1.39 bits per heavy atom. The lowest BCUT2D eigenvalue weighted by Gasteiger charge is -2.29. The quantitative estimate of drug-likeness (QED) is 0.0169. The van der Waals surface area contributed by atoms with E-state index in [-0.39, 0.29) is 56.1 Å². The van der Waals surface area contributed by atoms with E-state index >= 15 is 0 Å². The molecule has 19 nitrogen and oxygen atoms in total. The minimum atomic E-state index is -0.970. The topological polar surface area (TPSA) is 287 Å². The summed E-state index contributed by atoms with van der Waals surface area (Å²) < 4.78 is 0. The second-order valence-corrected chi connectivity index (χ2v) is 16.4. The number of guanidine groups is 1. The van der Waals surface area contributed by atoms with Crippen molar-refractivity contribution in [3.8, 4) is 5.75 Å². The van der Waals surface area contributed by atoms with Gasteiger partial charge >= 0.3 is 6.03 Å². The molecular formula is C48H66N12O7. The highest BCUT2D eigenvalue weighted by Crippen LogP contribution is 2.33. The fourth-order valence-electron chi connectivity index (χ4n) is 7.63. The molecule has 19 heteroatoms. The van der Waals surface area contributed by atoms with E-state index in [1.165, 1.54) is 12.1 Å². The van der Waals surface area contributed by atoms with Gasteiger partial charge < -0.3 is 53.8 Å². The molecule has 0 aromatic heterocycles. The van der Waals surface area contributed by atoms with Crippen LogP contribution in [0.15, 0.2) is 87.4 Å². The van der Waals surface area contributed by atoms with Gasteiger partial charge in [0.1, 0.15) is 29.2 Å². The van der Waals surface area contributed by atoms with Gasteiger partial charge in [-0.05, 0) is 85.2 Å². The number of hydrogen-bond donors (Lipinski definition) is 11. The molecule has 13 N–H and O–H groups in total. The number of nitrogens with one attached hydrogen (secondary N) is 8. The Morgan fingerprint density at radius 3 is 2.07 bits per heavy atom. The normalized spacial score (nSPS) is 13.3. The third-order valence-corrected chi connectivity index (χ3v) is 11.3. The Balaban J connectivity index is 1.23. The number of nitrogens with zero attached hydrogens (tertiary/aromatic N) is 2. The number of nitrogens with two attached hydrogens (primary N) is 2. The largest absolute Gasteiger partial charge is 0.508 e. The number of phenols is 1. The van der Waals surface area contributed by atoms with Gasteiger partial charge in [0.2, 0.25) is 17.7 Å². The lowest BCUT2D eigenvalue weighted by Crippen LogP contribution is -2.50. The van der Waals surface area contributed by atoms with Gasteiger partial charge in [-0.1, -0.05) is 68.3 Å². The van der Waals surface area contributed by atoms with Gasteiger partial charge in [0.05, 0.1) is 0 Å². The molecule has 2 atom stereocenters. The van der Waals surface area contributed by atoms with E-state index in [2.05, 4.69) is 52.4 Å². The van der Waals surface area contributed by atoms with Crippen LogP contribution in [0.5, 0.6) is 5.75 Å². The number of carbonyl (C=O) groups is 4. The van der Waals surface area contributed by atoms with E-state index in [0.29, 0.717) is 75.5 Å². The number of phenolic OH excluding ortho intramolecular Hbond substituents is 1. The first kappa shape index (κ1) is 51.0. The Bertz CT molecular complexity index is 2320. The maximum Gasteiger partial charge on any atom is 0.321 e. The predicted molar refractivity (Wildman–Crippen MR) is 261 cm³/mol. The van der Waals surface area contributed by atoms with Gasteiger partial charge in [-0.2, -0.15) is 0 Å². The molecule has 360 valence electrons. The first-order valence-electron chi connectivity index (χ1n) is 23.1. The number of carbonyl (C=O) groups excluding carboxylic acids is 4. The Kier molecular flexibility index (Phi) is 20.4. The molecule has 0 aliphatic carbocycles. The van der Waals surface area contributed by atoms with Gasteiger partial charge in [-0.25, -0.2) is 4.79 Å². The maximum absolute atomic E-state index is 14.7. The molecule has 0 saturated carbocycles. The highest BCUT2D eigenvalue weighted by molar-refractivity contribution is 5.95. The van der Waals surface area contributed by atoms with E-state index < -0.39 is 34.9 Å². The number of unbranched alkanes of at least 4 members (excludes halogenated alkanes) is 3. The van der Waals surface area contributed by atoms with E-state index in [4.69, 9.17) is 11.5 Å². The summed E-state index contributed by atoms with van der Waals surface area (Å²) in [6, 6.07) is 19.7. The van der Waals surface area contributed by atoms with E-state index in [9.17, 15) is 33.9 Å². The highest BCUT2D eigenvalue weighted by atomic mass is 16.3. The van der Waals surface area contributed by atoms with Gasteiger partial charge in [0.15, 0.2) is 5.96 Å². The summed E-state index contributed by atoms with van der Waals surface area (Å²) >= 11 is 0. The number of urea groups is 1. The minimum Gasteiger partial charge on any atom is -0.508 e. The molecule has 0 fully saturated rings. The van der Waals surface area contributed by atoms with Crippen LogP contribution in [0.4, 0.5) is 21.9 Å². The molecule has 5 amide bonds. The van der Waals surface area contributed by atoms with E-state index in [1.54, 1.807) is 19.1 Å². The smallest absolute Gasteiger partial charge is 0.321 e. The third kappa shape index (κ3) is 16.1. The van der Waals surface area contributed by atoms with E-state index in [0.717, 1.165) is 48.1 Å². The lowest BCUT2D eigenvalue weighted by atomic mass is 10.0. The summed E-state index contributed by atoms with van der Waals surface area (Å²) in [6.07, 6.45) is 5.35. The molecule has 67 heavy (non-hydrogen) atoms. The fraction of sp³-hybridized carbons (Fsp3) is 0.438. The van der Waals surface area contributed by atoms with Gasteiger partial charge in [-0.15, -0.1) is 0 Å². The van der Waals surface area contributed by atoms with Crippen LogP contribution < -0.4 is 64.9 Å². The number of aromatic hydroxyl groups is 1. The number of amides is 5. The van der Waals surface area contributed by atoms with Gasteiger partial charge in [0.25, 0.3) is 10.9 Å². The van der Waals surface area contributed by atoms with Crippen molar-refractivity contribution in [1.82, 2.24) is 31.5 Å². The molecular weight excluding hydrogens is 857 g/mol. The number of rotatable bonds is 28. The molecule has 0 radical (unpaired) electrons. The van der Waals surface area contributed by atoms with Crippen molar-refractivity contribution in [2.45, 2.75) is 90.0 Å². The Hall–Kier alpha value is -6.99. The first-order valence-corrected chi connectivity index (χ1v) is 23.1. The van der Waals surface area contributed by atoms with Crippen molar-refractivity contribution in [3.05, 3.63) is 115 Å². The van der Waals surface area contributed by atoms with Gasteiger partial charge in [0, 0.05) is 71.0 Å². The number of anilines is 3. The molecule has 0 saturated heterocycles. The van der Waals surface area contributed by atoms with Crippen molar-refractivity contribution >= 4 is 46.8 Å². The monoisotopic (exact) mass is 923 g/mol. The number of fused-ring (bicyclic) bond motifs is 1. The molecule has 0 unspecified atom stereocenters. The summed E-state index contributed by atoms with van der Waals surface area (Å²) in [5, 5.41) is 33.1. The molecule has 0 bridgehead atoms. The number of benzene rings is 3. The number of hydrogen-bond acceptors (Lipinski definition) is 13. The van der Waals surface area contributed by atoms with Crippen LogP contribution in [0.25, 0.3) is 0 Å². The summed E-state index contributed by atoms with van der Waals surface area (Å²) in [5.41, 5.74) is 15.6. The predicted octanol–water partition coefficient (Wildman–Crippen LogP) is 2.61. The van der Waals surface area contributed by atoms with Crippen LogP contribution in [0.3, 0.4) is 0 Å². The molecule has 4 aromatic rings. The summed E-state index contributed by atoms with van der Waals surface area (Å²) in [4.78, 5) is 83.1. The zero-order chi connectivity index (χ0) is 48.0. The van der Waals surface area contributed by atoms with Crippen LogP contribution in [0, 0.1) is 0 Å². The average molecular weight is 923 g/mol. The van der Waals surface area contributed by atoms with Crippen LogP contribution in [-0.4, -0.2) is 91.6 Å². The highest BCUT2D eigenvalue weighted by Gasteiger charge is 2.34. The first-order chi connectivity index (χ1) is 32.5. The zero-order valence-corrected chi connectivity index (χ0v) is 38.3. The van der Waals surface area contributed by atoms with E-state index in [1.807, 2.05) is 48.5 Å². The fourth-order valence-corrected chi connectivity index (χ4v) is 7.63. The van der Waals surface area contributed by atoms with Gasteiger partial charge in [-0.3, -0.25) is 39.2 Å². The molecule has 1 heterocycles. The lowest BCUT2D eigenvalue weighted by molar-refractivity contribution is -0.132. The second-order valence-electron chi connectivity index (χ2n) is 16.4.